The summed E-state index contributed by atoms with van der Waals surface area (Å²) in [7, 11) is -3.88. The van der Waals surface area contributed by atoms with Gasteiger partial charge in [-0.25, -0.2) is 28.2 Å². The maximum absolute atomic E-state index is 13.7. The van der Waals surface area contributed by atoms with E-state index in [1.54, 1.807) is 0 Å². The van der Waals surface area contributed by atoms with E-state index < -0.39 is 33.9 Å². The maximum Gasteiger partial charge on any atom is 0.446 e. The molecule has 0 aliphatic rings. The lowest BCUT2D eigenvalue weighted by Crippen LogP contribution is -2.34. The molecule has 1 aromatic carbocycles. The number of anilines is 1. The van der Waals surface area contributed by atoms with Gasteiger partial charge in [0.15, 0.2) is 5.69 Å². The van der Waals surface area contributed by atoms with Gasteiger partial charge in [-0.1, -0.05) is 5.16 Å². The van der Waals surface area contributed by atoms with Crippen molar-refractivity contribution in [3.8, 4) is 17.2 Å². The van der Waals surface area contributed by atoms with E-state index in [-0.39, 0.29) is 40.6 Å². The third-order valence-electron chi connectivity index (χ3n) is 3.02. The first-order valence-electron chi connectivity index (χ1n) is 7.98. The summed E-state index contributed by atoms with van der Waals surface area (Å²) in [6.45, 7) is -0.0926. The van der Waals surface area contributed by atoms with E-state index in [1.807, 2.05) is 4.72 Å². The second-order valence-corrected chi connectivity index (χ2v) is 7.03. The first-order valence-corrected chi connectivity index (χ1v) is 9.32. The van der Waals surface area contributed by atoms with Gasteiger partial charge in [-0.3, -0.25) is 4.52 Å². The number of benzene rings is 1. The molecule has 0 saturated carbocycles. The molecule has 3 aromatic rings. The molecule has 0 saturated heterocycles. The van der Waals surface area contributed by atoms with E-state index in [0.29, 0.717) is 0 Å². The normalized spacial score (nSPS) is 12.7. The minimum absolute atomic E-state index is 0.00914. The van der Waals surface area contributed by atoms with Crippen molar-refractivity contribution in [2.75, 3.05) is 18.4 Å². The lowest BCUT2D eigenvalue weighted by atomic mass is 10.3. The van der Waals surface area contributed by atoms with Gasteiger partial charge in [0.25, 0.3) is 10.2 Å². The quantitative estimate of drug-likeness (QED) is 0.405. The van der Waals surface area contributed by atoms with Crippen molar-refractivity contribution in [2.24, 2.45) is 5.14 Å². The van der Waals surface area contributed by atoms with Gasteiger partial charge in [0.05, 0.1) is 12.9 Å². The predicted octanol–water partition coefficient (Wildman–Crippen LogP) is -0.0179. The summed E-state index contributed by atoms with van der Waals surface area (Å²) in [5.41, 5.74) is -0.449. The molecule has 3 rings (SSSR count). The molecule has 0 atom stereocenters. The summed E-state index contributed by atoms with van der Waals surface area (Å²) in [4.78, 5) is 12.2. The molecule has 0 aliphatic carbocycles. The molecule has 2 heterocycles. The van der Waals surface area contributed by atoms with Crippen molar-refractivity contribution < 1.29 is 24.7 Å². The van der Waals surface area contributed by atoms with Crippen LogP contribution in [-0.4, -0.2) is 41.5 Å². The molecule has 0 bridgehead atoms. The summed E-state index contributed by atoms with van der Waals surface area (Å²) in [6, 6.07) is -0.171. The summed E-state index contributed by atoms with van der Waals surface area (Å²) in [5.74, 6) is -2.24. The second-order valence-electron chi connectivity index (χ2n) is 4.86. The van der Waals surface area contributed by atoms with E-state index in [1.165, 1.54) is 0 Å². The fourth-order valence-electron chi connectivity index (χ4n) is 1.94. The summed E-state index contributed by atoms with van der Waals surface area (Å²) in [5, 5.41) is 18.3. The molecule has 0 aliphatic heterocycles. The zero-order chi connectivity index (χ0) is 21.3. The minimum atomic E-state index is -3.88. The van der Waals surface area contributed by atoms with Crippen molar-refractivity contribution >= 4 is 32.0 Å². The van der Waals surface area contributed by atoms with Crippen molar-refractivity contribution in [1.29, 1.82) is 0 Å². The number of halogens is 2. The Morgan fingerprint density at radius 3 is 2.89 bits per heavy atom. The van der Waals surface area contributed by atoms with Gasteiger partial charge in [0, 0.05) is 13.1 Å². The minimum Gasteiger partial charge on any atom is -0.364 e. The Bertz CT molecular complexity index is 1230. The third kappa shape index (κ3) is 4.38. The highest BCUT2D eigenvalue weighted by atomic mass is 79.9. The first kappa shape index (κ1) is 16.5. The van der Waals surface area contributed by atoms with E-state index >= 15 is 0 Å². The van der Waals surface area contributed by atoms with Gasteiger partial charge in [-0.05, 0) is 44.4 Å². The van der Waals surface area contributed by atoms with E-state index in [2.05, 4.69) is 45.9 Å². The maximum atomic E-state index is 13.7. The summed E-state index contributed by atoms with van der Waals surface area (Å²) >= 11 is 2.88. The molecule has 4 N–H and O–H groups in total. The number of nitrogens with two attached hydrogens (primary N) is 1. The largest absolute Gasteiger partial charge is 0.446 e. The van der Waals surface area contributed by atoms with Gasteiger partial charge in [-0.2, -0.15) is 8.42 Å². The van der Waals surface area contributed by atoms with E-state index in [0.717, 1.165) is 10.6 Å². The number of aromatic nitrogens is 4. The SMILES string of the molecule is [2H]c1cc(F)c(Br)c([2H])c1-n1c(-c2nonc2NCCNS(N)(=O)=O)noc1=O. The van der Waals surface area contributed by atoms with Gasteiger partial charge in [0.1, 0.15) is 5.82 Å². The topological polar surface area (TPSA) is 171 Å². The van der Waals surface area contributed by atoms with Crippen LogP contribution in [0.15, 0.2) is 36.6 Å². The highest BCUT2D eigenvalue weighted by Crippen LogP contribution is 2.25. The van der Waals surface area contributed by atoms with Crippen molar-refractivity contribution in [2.45, 2.75) is 0 Å². The van der Waals surface area contributed by atoms with Crippen LogP contribution in [0.3, 0.4) is 0 Å². The zero-order valence-electron chi connectivity index (χ0n) is 15.1. The molecule has 2 aromatic heterocycles. The van der Waals surface area contributed by atoms with Crippen molar-refractivity contribution in [3.63, 3.8) is 0 Å². The molecular weight excluding hydrogens is 453 g/mol. The zero-order valence-corrected chi connectivity index (χ0v) is 15.5. The highest BCUT2D eigenvalue weighted by Gasteiger charge is 2.23. The van der Waals surface area contributed by atoms with Crippen LogP contribution >= 0.6 is 15.9 Å². The van der Waals surface area contributed by atoms with Crippen LogP contribution in [0.25, 0.3) is 17.2 Å². The first-order chi connectivity index (χ1) is 13.6. The smallest absolute Gasteiger partial charge is 0.364 e. The lowest BCUT2D eigenvalue weighted by molar-refractivity contribution is 0.309. The van der Waals surface area contributed by atoms with Gasteiger partial charge < -0.3 is 5.32 Å². The molecule has 15 heteroatoms. The van der Waals surface area contributed by atoms with Crippen LogP contribution in [0.1, 0.15) is 2.74 Å². The van der Waals surface area contributed by atoms with E-state index in [4.69, 9.17) is 7.88 Å². The van der Waals surface area contributed by atoms with Crippen LogP contribution in [-0.2, 0) is 10.2 Å². The van der Waals surface area contributed by atoms with Crippen LogP contribution in [0.4, 0.5) is 10.2 Å². The summed E-state index contributed by atoms with van der Waals surface area (Å²) < 4.78 is 63.2. The molecule has 0 unspecified atom stereocenters. The van der Waals surface area contributed by atoms with Crippen LogP contribution in [0.5, 0.6) is 0 Å². The fraction of sp³-hybridized carbons (Fsp3) is 0.167. The number of nitrogens with one attached hydrogen (secondary N) is 2. The van der Waals surface area contributed by atoms with Gasteiger partial charge >= 0.3 is 5.76 Å². The van der Waals surface area contributed by atoms with E-state index in [9.17, 15) is 17.6 Å². The van der Waals surface area contributed by atoms with Gasteiger partial charge in [0.2, 0.25) is 11.6 Å². The monoisotopic (exact) mass is 465 g/mol. The van der Waals surface area contributed by atoms with Crippen LogP contribution in [0.2, 0.25) is 0 Å². The molecule has 0 amide bonds. The Labute approximate surface area is 161 Å². The highest BCUT2D eigenvalue weighted by molar-refractivity contribution is 9.10. The Kier molecular flexibility index (Phi) is 4.63. The number of nitrogens with zero attached hydrogens (tertiary/aromatic N) is 4. The fourth-order valence-corrected chi connectivity index (χ4v) is 2.63. The Balaban J connectivity index is 2.00. The molecule has 12 nitrogen and oxygen atoms in total. The number of hydrogen-bond donors (Lipinski definition) is 3. The molecule has 27 heavy (non-hydrogen) atoms. The Morgan fingerprint density at radius 1 is 1.37 bits per heavy atom. The van der Waals surface area contributed by atoms with Crippen LogP contribution < -0.4 is 20.9 Å². The van der Waals surface area contributed by atoms with Gasteiger partial charge in [-0.15, -0.1) is 0 Å². The average molecular weight is 466 g/mol. The Morgan fingerprint density at radius 2 is 2.15 bits per heavy atom. The lowest BCUT2D eigenvalue weighted by Gasteiger charge is -2.06. The third-order valence-corrected chi connectivity index (χ3v) is 4.21. The van der Waals surface area contributed by atoms with Crippen LogP contribution in [0, 0.1) is 5.82 Å². The predicted molar refractivity (Wildman–Crippen MR) is 92.6 cm³/mol. The molecular formula is C12H11BrFN7O5S. The Hall–Kier alpha value is -2.62. The number of hydrogen-bond acceptors (Lipinski definition) is 9. The average Bonchev–Trinajstić information content (AvgIpc) is 3.23. The molecule has 0 radical (unpaired) electrons. The summed E-state index contributed by atoms with van der Waals surface area (Å²) in [6.07, 6.45) is 0. The van der Waals surface area contributed by atoms with Crippen molar-refractivity contribution in [3.05, 3.63) is 39.0 Å². The standard InChI is InChI=1S/C12H11BrFN7O5S/c13-7-5-6(1-2-8(7)14)21-11(20-25-12(21)22)9-10(19-26-18-9)16-3-4-17-27(15,23)24/h1-2,5,17H,3-4H2,(H,16,19)(H2,15,23,24)/i1D,5D. The second kappa shape index (κ2) is 7.55. The number of rotatable bonds is 7. The molecule has 0 spiro atoms. The molecule has 0 fully saturated rings. The molecule has 144 valence electrons. The van der Waals surface area contributed by atoms with Crippen molar-refractivity contribution in [1.82, 2.24) is 24.8 Å².